The molecule has 0 radical (unpaired) electrons. The molecule has 0 rings (SSSR count). The predicted octanol–water partition coefficient (Wildman–Crippen LogP) is 7.43. The SMILES string of the molecule is CO[Si](CCCC(F)(F)C(F)(F)C(F)(F)C(F)(F)C(F)(F)C(F)(F)C(F)(F)CCC(F)(F)F)(OC)OC. The van der Waals surface area contributed by atoms with Crippen molar-refractivity contribution in [2.75, 3.05) is 21.3 Å². The Kier molecular flexibility index (Phi) is 10.5. The Morgan fingerprint density at radius 2 is 0.730 bits per heavy atom. The third kappa shape index (κ3) is 6.39. The van der Waals surface area contributed by atoms with Crippen LogP contribution in [0.4, 0.5) is 74.6 Å². The average Bonchev–Trinajstić information content (AvgIpc) is 2.74. The molecule has 0 aromatic heterocycles. The molecular formula is C16H19F17O3Si. The minimum absolute atomic E-state index is 0.857. The van der Waals surface area contributed by atoms with Crippen LogP contribution < -0.4 is 0 Å². The molecule has 0 saturated carbocycles. The van der Waals surface area contributed by atoms with Gasteiger partial charge in [-0.05, 0) is 6.42 Å². The van der Waals surface area contributed by atoms with Crippen LogP contribution in [-0.2, 0) is 13.3 Å². The van der Waals surface area contributed by atoms with Crippen LogP contribution in [0.2, 0.25) is 6.04 Å². The minimum atomic E-state index is -8.35. The molecule has 0 atom stereocenters. The molecule has 0 heterocycles. The molecule has 0 spiro atoms. The summed E-state index contributed by atoms with van der Waals surface area (Å²) in [5.41, 5.74) is 0. The molecule has 0 aromatic carbocycles. The molecule has 0 aliphatic rings. The smallest absolute Gasteiger partial charge is 0.377 e. The van der Waals surface area contributed by atoms with Crippen molar-refractivity contribution in [3.8, 4) is 0 Å². The zero-order valence-corrected chi connectivity index (χ0v) is 19.7. The summed E-state index contributed by atoms with van der Waals surface area (Å²) >= 11 is 0. The van der Waals surface area contributed by atoms with Gasteiger partial charge in [-0.3, -0.25) is 0 Å². The van der Waals surface area contributed by atoms with Gasteiger partial charge in [0, 0.05) is 46.6 Å². The number of alkyl halides is 17. The highest BCUT2D eigenvalue weighted by Crippen LogP contribution is 2.63. The lowest BCUT2D eigenvalue weighted by atomic mass is 9.87. The maximum Gasteiger partial charge on any atom is 0.500 e. The van der Waals surface area contributed by atoms with Crippen LogP contribution in [0.3, 0.4) is 0 Å². The summed E-state index contributed by atoms with van der Waals surface area (Å²) in [4.78, 5) is 0. The van der Waals surface area contributed by atoms with E-state index in [4.69, 9.17) is 0 Å². The van der Waals surface area contributed by atoms with Gasteiger partial charge in [-0.2, -0.15) is 74.6 Å². The van der Waals surface area contributed by atoms with Crippen molar-refractivity contribution in [3.05, 3.63) is 0 Å². The van der Waals surface area contributed by atoms with Crippen LogP contribution in [-0.4, -0.2) is 77.8 Å². The average molecular weight is 610 g/mol. The first-order chi connectivity index (χ1) is 16.1. The summed E-state index contributed by atoms with van der Waals surface area (Å²) in [5, 5.41) is 0. The lowest BCUT2D eigenvalue weighted by Gasteiger charge is -2.42. The van der Waals surface area contributed by atoms with Gasteiger partial charge in [-0.15, -0.1) is 0 Å². The van der Waals surface area contributed by atoms with E-state index in [-0.39, 0.29) is 0 Å². The van der Waals surface area contributed by atoms with Crippen LogP contribution >= 0.6 is 0 Å². The van der Waals surface area contributed by atoms with E-state index in [1.165, 1.54) is 0 Å². The molecule has 0 unspecified atom stereocenters. The summed E-state index contributed by atoms with van der Waals surface area (Å²) in [6, 6.07) is -0.857. The minimum Gasteiger partial charge on any atom is -0.377 e. The van der Waals surface area contributed by atoms with E-state index in [9.17, 15) is 74.6 Å². The number of hydrogen-bond donors (Lipinski definition) is 0. The standard InChI is InChI=1S/C16H19F17O3Si/c1-34-37(35-2,36-3)8-4-5-9(17,18)12(24,25)14(28,29)16(32,33)15(30,31)13(26,27)10(19,20)6-7-11(21,22)23/h4-8H2,1-3H3. The largest absolute Gasteiger partial charge is 0.500 e. The molecule has 0 aliphatic heterocycles. The maximum atomic E-state index is 13.9. The molecule has 0 bridgehead atoms. The van der Waals surface area contributed by atoms with Crippen molar-refractivity contribution in [2.24, 2.45) is 0 Å². The van der Waals surface area contributed by atoms with E-state index in [1.54, 1.807) is 0 Å². The fourth-order valence-corrected chi connectivity index (χ4v) is 4.47. The lowest BCUT2D eigenvalue weighted by Crippen LogP contribution is -2.73. The van der Waals surface area contributed by atoms with Crippen molar-refractivity contribution in [3.63, 3.8) is 0 Å². The number of hydrogen-bond acceptors (Lipinski definition) is 3. The summed E-state index contributed by atoms with van der Waals surface area (Å²) in [6.45, 7) is 0. The zero-order valence-electron chi connectivity index (χ0n) is 18.7. The fourth-order valence-electron chi connectivity index (χ4n) is 2.75. The van der Waals surface area contributed by atoms with Crippen molar-refractivity contribution in [1.82, 2.24) is 0 Å². The normalized spacial score (nSPS) is 15.9. The predicted molar refractivity (Wildman–Crippen MR) is 90.7 cm³/mol. The Balaban J connectivity index is 6.25. The lowest BCUT2D eigenvalue weighted by molar-refractivity contribution is -0.442. The highest BCUT2D eigenvalue weighted by molar-refractivity contribution is 6.60. The molecule has 3 nitrogen and oxygen atoms in total. The van der Waals surface area contributed by atoms with Gasteiger partial charge in [0.05, 0.1) is 0 Å². The maximum absolute atomic E-state index is 13.9. The first kappa shape index (κ1) is 35.9. The fraction of sp³-hybridized carbons (Fsp3) is 1.00. The second-order valence-electron chi connectivity index (χ2n) is 7.54. The van der Waals surface area contributed by atoms with Crippen molar-refractivity contribution in [2.45, 2.75) is 79.4 Å². The van der Waals surface area contributed by atoms with Crippen LogP contribution in [0.5, 0.6) is 0 Å². The topological polar surface area (TPSA) is 27.7 Å². The van der Waals surface area contributed by atoms with Gasteiger partial charge in [0.1, 0.15) is 0 Å². The Labute approximate surface area is 198 Å². The number of rotatable bonds is 15. The Morgan fingerprint density at radius 1 is 0.432 bits per heavy atom. The summed E-state index contributed by atoms with van der Waals surface area (Å²) < 4.78 is 242. The van der Waals surface area contributed by atoms with Crippen LogP contribution in [0.15, 0.2) is 0 Å². The highest BCUT2D eigenvalue weighted by atomic mass is 28.4. The first-order valence-corrected chi connectivity index (χ1v) is 11.4. The molecule has 0 aromatic rings. The summed E-state index contributed by atoms with van der Waals surface area (Å²) in [6.07, 6.45) is -16.0. The summed E-state index contributed by atoms with van der Waals surface area (Å²) in [7, 11) is -1.21. The molecule has 0 amide bonds. The van der Waals surface area contributed by atoms with Crippen LogP contribution in [0.1, 0.15) is 25.7 Å². The Bertz CT molecular complexity index is 741. The molecule has 0 saturated heterocycles. The molecule has 0 aliphatic carbocycles. The van der Waals surface area contributed by atoms with E-state index in [0.717, 1.165) is 21.3 Å². The number of halogens is 17. The van der Waals surface area contributed by atoms with Gasteiger partial charge in [0.15, 0.2) is 0 Å². The monoisotopic (exact) mass is 610 g/mol. The van der Waals surface area contributed by atoms with Gasteiger partial charge in [-0.1, -0.05) is 0 Å². The van der Waals surface area contributed by atoms with Crippen molar-refractivity contribution >= 4 is 8.80 Å². The summed E-state index contributed by atoms with van der Waals surface area (Å²) in [5.74, 6) is -53.4. The van der Waals surface area contributed by atoms with E-state index < -0.39 is 88.2 Å². The van der Waals surface area contributed by atoms with Gasteiger partial charge < -0.3 is 13.3 Å². The molecular weight excluding hydrogens is 591 g/mol. The second-order valence-corrected chi connectivity index (χ2v) is 10.6. The molecule has 21 heteroatoms. The van der Waals surface area contributed by atoms with Crippen LogP contribution in [0.25, 0.3) is 0 Å². The highest BCUT2D eigenvalue weighted by Gasteiger charge is 2.92. The Morgan fingerprint density at radius 3 is 1.03 bits per heavy atom. The zero-order chi connectivity index (χ0) is 30.2. The Hall–Kier alpha value is -1.09. The van der Waals surface area contributed by atoms with E-state index in [0.29, 0.717) is 0 Å². The molecule has 0 N–H and O–H groups in total. The van der Waals surface area contributed by atoms with Gasteiger partial charge in [0.25, 0.3) is 0 Å². The van der Waals surface area contributed by atoms with E-state index in [1.807, 2.05) is 0 Å². The molecule has 0 fully saturated rings. The molecule has 37 heavy (non-hydrogen) atoms. The van der Waals surface area contributed by atoms with Gasteiger partial charge in [0.2, 0.25) is 0 Å². The third-order valence-corrected chi connectivity index (χ3v) is 7.96. The van der Waals surface area contributed by atoms with Crippen molar-refractivity contribution < 1.29 is 87.9 Å². The first-order valence-electron chi connectivity index (χ1n) is 9.46. The van der Waals surface area contributed by atoms with Gasteiger partial charge >= 0.3 is 56.4 Å². The van der Waals surface area contributed by atoms with Crippen LogP contribution in [0, 0.1) is 0 Å². The quantitative estimate of drug-likeness (QED) is 0.143. The molecule has 224 valence electrons. The second kappa shape index (κ2) is 10.8. The third-order valence-electron chi connectivity index (χ3n) is 5.13. The van der Waals surface area contributed by atoms with Gasteiger partial charge in [-0.25, -0.2) is 0 Å². The van der Waals surface area contributed by atoms with E-state index >= 15 is 0 Å². The van der Waals surface area contributed by atoms with E-state index in [2.05, 4.69) is 13.3 Å². The van der Waals surface area contributed by atoms with Crippen molar-refractivity contribution in [1.29, 1.82) is 0 Å².